The number of nitrogens with one attached hydrogen (secondary N) is 3. The molecule has 6 nitrogen and oxygen atoms in total. The number of aromatic amines is 1. The van der Waals surface area contributed by atoms with Crippen molar-refractivity contribution >= 4 is 22.6 Å². The maximum Gasteiger partial charge on any atom is 0.319 e. The van der Waals surface area contributed by atoms with E-state index in [0.717, 1.165) is 23.7 Å². The van der Waals surface area contributed by atoms with Crippen molar-refractivity contribution in [3.05, 3.63) is 54.0 Å². The quantitative estimate of drug-likeness (QED) is 0.600. The van der Waals surface area contributed by atoms with E-state index in [0.29, 0.717) is 23.4 Å². The minimum absolute atomic E-state index is 0.345. The van der Waals surface area contributed by atoms with Gasteiger partial charge in [-0.3, -0.25) is 5.10 Å². The predicted molar refractivity (Wildman–Crippen MR) is 106 cm³/mol. The molecular weight excluding hydrogens is 359 g/mol. The molecule has 0 saturated carbocycles. The minimum Gasteiger partial charge on any atom is -0.487 e. The van der Waals surface area contributed by atoms with Crippen LogP contribution in [0.1, 0.15) is 44.7 Å². The largest absolute Gasteiger partial charge is 0.487 e. The zero-order chi connectivity index (χ0) is 19.7. The number of carbonyl (C=O) groups excluding carboxylic acids is 1. The number of hydrogen-bond acceptors (Lipinski definition) is 3. The topological polar surface area (TPSA) is 79.0 Å². The molecule has 146 valence electrons. The van der Waals surface area contributed by atoms with E-state index in [-0.39, 0.29) is 23.5 Å². The van der Waals surface area contributed by atoms with E-state index in [4.69, 9.17) is 4.74 Å². The van der Waals surface area contributed by atoms with Crippen LogP contribution in [0, 0.1) is 5.82 Å². The van der Waals surface area contributed by atoms with Crippen molar-refractivity contribution in [3.8, 4) is 5.75 Å². The van der Waals surface area contributed by atoms with Crippen LogP contribution in [0.15, 0.2) is 42.6 Å². The molecule has 2 heterocycles. The first-order valence-electron chi connectivity index (χ1n) is 9.51. The Labute approximate surface area is 162 Å². The lowest BCUT2D eigenvalue weighted by molar-refractivity contribution is 0.0245. The molecule has 7 heteroatoms. The second-order valence-electron chi connectivity index (χ2n) is 7.17. The predicted octanol–water partition coefficient (Wildman–Crippen LogP) is 4.91. The van der Waals surface area contributed by atoms with Gasteiger partial charge in [-0.2, -0.15) is 5.10 Å². The van der Waals surface area contributed by atoms with Gasteiger partial charge in [0, 0.05) is 17.4 Å². The first-order valence-corrected chi connectivity index (χ1v) is 9.51. The van der Waals surface area contributed by atoms with E-state index in [1.165, 1.54) is 12.1 Å². The fraction of sp³-hybridized carbons (Fsp3) is 0.333. The molecule has 0 fully saturated rings. The summed E-state index contributed by atoms with van der Waals surface area (Å²) in [7, 11) is 0. The first-order chi connectivity index (χ1) is 13.5. The number of fused-ring (bicyclic) bond motifs is 2. The van der Waals surface area contributed by atoms with Crippen LogP contribution in [-0.2, 0) is 0 Å². The number of hydrogen-bond donors (Lipinski definition) is 3. The fourth-order valence-corrected chi connectivity index (χ4v) is 3.85. The van der Waals surface area contributed by atoms with Crippen LogP contribution < -0.4 is 15.4 Å². The molecule has 0 unspecified atom stereocenters. The Balaban J connectivity index is 1.60. The number of halogens is 1. The molecule has 4 rings (SSSR count). The van der Waals surface area contributed by atoms with Crippen LogP contribution in [0.2, 0.25) is 0 Å². The summed E-state index contributed by atoms with van der Waals surface area (Å²) in [6, 6.07) is 9.32. The highest BCUT2D eigenvalue weighted by Crippen LogP contribution is 2.43. The summed E-state index contributed by atoms with van der Waals surface area (Å²) >= 11 is 0. The molecule has 1 aliphatic heterocycles. The van der Waals surface area contributed by atoms with Gasteiger partial charge in [-0.15, -0.1) is 0 Å². The molecule has 1 aromatic heterocycles. The number of nitrogens with zero attached hydrogens (tertiary/aromatic N) is 1. The summed E-state index contributed by atoms with van der Waals surface area (Å²) in [5, 5.41) is 13.6. The summed E-state index contributed by atoms with van der Waals surface area (Å²) in [6.07, 6.45) is 3.85. The summed E-state index contributed by atoms with van der Waals surface area (Å²) in [5.41, 5.74) is 1.78. The van der Waals surface area contributed by atoms with E-state index >= 15 is 0 Å². The van der Waals surface area contributed by atoms with E-state index in [2.05, 4.69) is 34.7 Å². The van der Waals surface area contributed by atoms with Crippen LogP contribution in [0.3, 0.4) is 0 Å². The number of anilines is 1. The number of urea groups is 1. The highest BCUT2D eigenvalue weighted by atomic mass is 19.1. The van der Waals surface area contributed by atoms with Crippen molar-refractivity contribution in [2.45, 2.75) is 44.8 Å². The summed E-state index contributed by atoms with van der Waals surface area (Å²) in [6.45, 7) is 4.13. The van der Waals surface area contributed by atoms with Crippen LogP contribution in [0.25, 0.3) is 10.9 Å². The Bertz CT molecular complexity index is 1010. The van der Waals surface area contributed by atoms with E-state index < -0.39 is 0 Å². The maximum absolute atomic E-state index is 13.9. The summed E-state index contributed by atoms with van der Waals surface area (Å²) in [4.78, 5) is 12.7. The van der Waals surface area contributed by atoms with Crippen LogP contribution in [-0.4, -0.2) is 21.8 Å². The lowest BCUT2D eigenvalue weighted by atomic mass is 9.83. The lowest BCUT2D eigenvalue weighted by Gasteiger charge is -2.41. The molecule has 2 amide bonds. The normalized spacial score (nSPS) is 17.6. The summed E-state index contributed by atoms with van der Waals surface area (Å²) in [5.74, 6) is 0.275. The van der Waals surface area contributed by atoms with Crippen LogP contribution in [0.4, 0.5) is 14.9 Å². The molecule has 3 N–H and O–H groups in total. The van der Waals surface area contributed by atoms with Gasteiger partial charge in [0.15, 0.2) is 0 Å². The van der Waals surface area contributed by atoms with E-state index in [1.54, 1.807) is 12.3 Å². The third-order valence-electron chi connectivity index (χ3n) is 5.58. The molecule has 1 aliphatic rings. The highest BCUT2D eigenvalue weighted by molar-refractivity contribution is 6.00. The maximum atomic E-state index is 13.9. The van der Waals surface area contributed by atoms with Crippen molar-refractivity contribution in [1.29, 1.82) is 0 Å². The Morgan fingerprint density at radius 1 is 1.32 bits per heavy atom. The Morgan fingerprint density at radius 2 is 2.14 bits per heavy atom. The number of benzene rings is 2. The summed E-state index contributed by atoms with van der Waals surface area (Å²) < 4.78 is 20.1. The molecule has 0 saturated heterocycles. The first kappa shape index (κ1) is 18.3. The molecule has 1 atom stereocenters. The smallest absolute Gasteiger partial charge is 0.319 e. The van der Waals surface area contributed by atoms with Crippen molar-refractivity contribution in [2.75, 3.05) is 5.32 Å². The molecule has 28 heavy (non-hydrogen) atoms. The number of carbonyl (C=O) groups is 1. The van der Waals surface area contributed by atoms with Gasteiger partial charge in [-0.05, 0) is 43.2 Å². The number of H-pyrrole nitrogens is 1. The van der Waals surface area contributed by atoms with Crippen molar-refractivity contribution in [2.24, 2.45) is 0 Å². The van der Waals surface area contributed by atoms with E-state index in [1.807, 2.05) is 18.2 Å². The lowest BCUT2D eigenvalue weighted by Crippen LogP contribution is -2.45. The monoisotopic (exact) mass is 382 g/mol. The Kier molecular flexibility index (Phi) is 4.66. The number of ether oxygens (including phenoxy) is 1. The second-order valence-corrected chi connectivity index (χ2v) is 7.17. The van der Waals surface area contributed by atoms with Gasteiger partial charge in [-0.1, -0.05) is 19.9 Å². The van der Waals surface area contributed by atoms with Gasteiger partial charge in [0.05, 0.1) is 23.4 Å². The van der Waals surface area contributed by atoms with Crippen LogP contribution >= 0.6 is 0 Å². The number of rotatable bonds is 4. The van der Waals surface area contributed by atoms with Crippen molar-refractivity contribution in [1.82, 2.24) is 15.5 Å². The molecule has 3 aromatic rings. The van der Waals surface area contributed by atoms with E-state index in [9.17, 15) is 9.18 Å². The molecule has 0 bridgehead atoms. The molecule has 0 spiro atoms. The molecule has 0 radical (unpaired) electrons. The highest BCUT2D eigenvalue weighted by Gasteiger charge is 2.39. The second kappa shape index (κ2) is 7.14. The number of aromatic nitrogens is 2. The van der Waals surface area contributed by atoms with Gasteiger partial charge in [0.2, 0.25) is 0 Å². The van der Waals surface area contributed by atoms with Crippen molar-refractivity contribution < 1.29 is 13.9 Å². The zero-order valence-corrected chi connectivity index (χ0v) is 15.9. The van der Waals surface area contributed by atoms with Crippen molar-refractivity contribution in [3.63, 3.8) is 0 Å². The standard InChI is InChI=1S/C21H23FN4O2/c1-3-21(4-2)11-18(14-10-13(22)8-9-19(14)28-21)25-20(27)24-16-6-5-7-17-15(16)12-23-26-17/h5-10,12,18H,3-4,11H2,1-2H3,(H,23,26)(H2,24,25,27)/t18-/m1/s1. The van der Waals surface area contributed by atoms with Gasteiger partial charge in [0.1, 0.15) is 17.2 Å². The minimum atomic E-state index is -0.382. The average molecular weight is 382 g/mol. The van der Waals surface area contributed by atoms with Gasteiger partial charge in [0.25, 0.3) is 0 Å². The fourth-order valence-electron chi connectivity index (χ4n) is 3.85. The average Bonchev–Trinajstić information content (AvgIpc) is 3.18. The SMILES string of the molecule is CCC1(CC)C[C@@H](NC(=O)Nc2cccc3[nH]ncc23)c2cc(F)ccc2O1. The van der Waals surface area contributed by atoms with Gasteiger partial charge < -0.3 is 15.4 Å². The van der Waals surface area contributed by atoms with Crippen LogP contribution in [0.5, 0.6) is 5.75 Å². The zero-order valence-electron chi connectivity index (χ0n) is 15.9. The molecule has 0 aliphatic carbocycles. The third-order valence-corrected chi connectivity index (χ3v) is 5.58. The molecular formula is C21H23FN4O2. The molecule has 2 aromatic carbocycles. The Hall–Kier alpha value is -3.09. The Morgan fingerprint density at radius 3 is 2.93 bits per heavy atom. The van der Waals surface area contributed by atoms with Gasteiger partial charge in [-0.25, -0.2) is 9.18 Å². The number of amides is 2. The van der Waals surface area contributed by atoms with Gasteiger partial charge >= 0.3 is 6.03 Å². The third kappa shape index (κ3) is 3.28.